The maximum absolute atomic E-state index is 3.61. The van der Waals surface area contributed by atoms with Crippen molar-refractivity contribution in [3.05, 3.63) is 69.2 Å². The molecule has 23 heavy (non-hydrogen) atoms. The molecule has 122 valence electrons. The second-order valence-corrected chi connectivity index (χ2v) is 8.09. The first-order valence-electron chi connectivity index (χ1n) is 8.00. The Morgan fingerprint density at radius 3 is 2.09 bits per heavy atom. The average Bonchev–Trinajstić information content (AvgIpc) is 2.47. The number of nitrogens with one attached hydrogen (secondary N) is 1. The minimum atomic E-state index is 0.179. The predicted molar refractivity (Wildman–Crippen MR) is 106 cm³/mol. The van der Waals surface area contributed by atoms with Crippen LogP contribution in [0.1, 0.15) is 51.3 Å². The molecule has 2 aromatic rings. The van der Waals surface area contributed by atoms with Crippen LogP contribution in [0.2, 0.25) is 0 Å². The summed E-state index contributed by atoms with van der Waals surface area (Å²) in [6, 6.07) is 15.1. The van der Waals surface area contributed by atoms with Crippen molar-refractivity contribution in [1.82, 2.24) is 0 Å². The van der Waals surface area contributed by atoms with Crippen molar-refractivity contribution in [3.8, 4) is 0 Å². The average molecular weight is 372 g/mol. The van der Waals surface area contributed by atoms with E-state index in [2.05, 4.69) is 105 Å². The highest BCUT2D eigenvalue weighted by Crippen LogP contribution is 2.29. The molecule has 0 aliphatic heterocycles. The first kappa shape index (κ1) is 17.8. The fourth-order valence-electron chi connectivity index (χ4n) is 2.50. The van der Waals surface area contributed by atoms with Gasteiger partial charge in [0.1, 0.15) is 0 Å². The monoisotopic (exact) mass is 371 g/mol. The standard InChI is InChI=1S/C21H26BrN/c1-14(2)20(23-19-9-7-8-18(22)15(19)3)16-10-12-17(13-11-16)21(4,5)6/h7-13,23H,1-6H3. The lowest BCUT2D eigenvalue weighted by atomic mass is 9.86. The van der Waals surface area contributed by atoms with Crippen LogP contribution in [-0.2, 0) is 5.41 Å². The van der Waals surface area contributed by atoms with E-state index in [-0.39, 0.29) is 5.41 Å². The van der Waals surface area contributed by atoms with Crippen LogP contribution < -0.4 is 5.32 Å². The first-order chi connectivity index (χ1) is 10.7. The van der Waals surface area contributed by atoms with E-state index < -0.39 is 0 Å². The van der Waals surface area contributed by atoms with E-state index in [1.54, 1.807) is 0 Å². The van der Waals surface area contributed by atoms with Gasteiger partial charge < -0.3 is 5.32 Å². The molecule has 0 aromatic heterocycles. The van der Waals surface area contributed by atoms with Gasteiger partial charge in [-0.15, -0.1) is 0 Å². The Bertz CT molecular complexity index is 714. The van der Waals surface area contributed by atoms with Crippen LogP contribution >= 0.6 is 15.9 Å². The molecule has 0 atom stereocenters. The highest BCUT2D eigenvalue weighted by molar-refractivity contribution is 9.10. The lowest BCUT2D eigenvalue weighted by molar-refractivity contribution is 0.590. The van der Waals surface area contributed by atoms with Gasteiger partial charge in [-0.1, -0.05) is 72.6 Å². The molecule has 1 N–H and O–H groups in total. The molecule has 0 radical (unpaired) electrons. The molecule has 1 nitrogen and oxygen atoms in total. The van der Waals surface area contributed by atoms with Crippen molar-refractivity contribution < 1.29 is 0 Å². The van der Waals surface area contributed by atoms with Crippen molar-refractivity contribution in [2.45, 2.75) is 47.0 Å². The summed E-state index contributed by atoms with van der Waals surface area (Å²) in [5.41, 5.74) is 7.55. The largest absolute Gasteiger partial charge is 0.355 e. The summed E-state index contributed by atoms with van der Waals surface area (Å²) < 4.78 is 1.12. The van der Waals surface area contributed by atoms with Crippen LogP contribution in [0, 0.1) is 6.92 Å². The Hall–Kier alpha value is -1.54. The van der Waals surface area contributed by atoms with E-state index >= 15 is 0 Å². The van der Waals surface area contributed by atoms with Gasteiger partial charge in [-0.2, -0.15) is 0 Å². The number of benzene rings is 2. The van der Waals surface area contributed by atoms with Gasteiger partial charge in [-0.3, -0.25) is 0 Å². The zero-order valence-corrected chi connectivity index (χ0v) is 16.5. The van der Waals surface area contributed by atoms with Crippen molar-refractivity contribution in [3.63, 3.8) is 0 Å². The summed E-state index contributed by atoms with van der Waals surface area (Å²) in [5, 5.41) is 3.61. The Kier molecular flexibility index (Phi) is 5.36. The van der Waals surface area contributed by atoms with Gasteiger partial charge in [0.15, 0.2) is 0 Å². The molecule has 0 heterocycles. The van der Waals surface area contributed by atoms with Crippen LogP contribution in [-0.4, -0.2) is 0 Å². The van der Waals surface area contributed by atoms with Crippen molar-refractivity contribution in [2.75, 3.05) is 5.32 Å². The minimum absolute atomic E-state index is 0.179. The molecule has 2 rings (SSSR count). The number of halogens is 1. The molecule has 0 unspecified atom stereocenters. The maximum Gasteiger partial charge on any atom is 0.0444 e. The number of rotatable bonds is 3. The Morgan fingerprint density at radius 2 is 1.57 bits per heavy atom. The highest BCUT2D eigenvalue weighted by Gasteiger charge is 2.14. The molecule has 2 aromatic carbocycles. The summed E-state index contributed by atoms with van der Waals surface area (Å²) in [7, 11) is 0. The van der Waals surface area contributed by atoms with E-state index in [1.807, 2.05) is 0 Å². The minimum Gasteiger partial charge on any atom is -0.355 e. The maximum atomic E-state index is 3.61. The van der Waals surface area contributed by atoms with E-state index in [4.69, 9.17) is 0 Å². The first-order valence-corrected chi connectivity index (χ1v) is 8.80. The lowest BCUT2D eigenvalue weighted by Crippen LogP contribution is -2.11. The fourth-order valence-corrected chi connectivity index (χ4v) is 2.87. The van der Waals surface area contributed by atoms with Crippen LogP contribution in [0.25, 0.3) is 5.70 Å². The normalized spacial score (nSPS) is 11.3. The number of anilines is 1. The van der Waals surface area contributed by atoms with Gasteiger partial charge in [0.25, 0.3) is 0 Å². The molecular weight excluding hydrogens is 346 g/mol. The summed E-state index contributed by atoms with van der Waals surface area (Å²) >= 11 is 3.60. The van der Waals surface area contributed by atoms with Gasteiger partial charge in [0, 0.05) is 15.9 Å². The summed E-state index contributed by atoms with van der Waals surface area (Å²) in [4.78, 5) is 0. The van der Waals surface area contributed by atoms with Gasteiger partial charge in [-0.25, -0.2) is 0 Å². The van der Waals surface area contributed by atoms with E-state index in [9.17, 15) is 0 Å². The van der Waals surface area contributed by atoms with Gasteiger partial charge in [0.2, 0.25) is 0 Å². The Balaban J connectivity index is 2.37. The third kappa shape index (κ3) is 4.26. The molecule has 0 saturated heterocycles. The topological polar surface area (TPSA) is 12.0 Å². The van der Waals surface area contributed by atoms with E-state index in [0.717, 1.165) is 10.2 Å². The lowest BCUT2D eigenvalue weighted by Gasteiger charge is -2.21. The zero-order valence-electron chi connectivity index (χ0n) is 14.9. The molecule has 0 amide bonds. The third-order valence-electron chi connectivity index (χ3n) is 4.07. The molecule has 2 heteroatoms. The van der Waals surface area contributed by atoms with Crippen molar-refractivity contribution >= 4 is 27.3 Å². The molecule has 0 bridgehead atoms. The second-order valence-electron chi connectivity index (χ2n) is 7.24. The predicted octanol–water partition coefficient (Wildman–Crippen LogP) is 6.92. The van der Waals surface area contributed by atoms with Gasteiger partial charge in [0.05, 0.1) is 0 Å². The second kappa shape index (κ2) is 6.92. The van der Waals surface area contributed by atoms with Gasteiger partial charge in [-0.05, 0) is 55.0 Å². The van der Waals surface area contributed by atoms with Gasteiger partial charge >= 0.3 is 0 Å². The SMILES string of the molecule is CC(C)=C(Nc1cccc(Br)c1C)c1ccc(C(C)(C)C)cc1. The summed E-state index contributed by atoms with van der Waals surface area (Å²) in [5.74, 6) is 0. The van der Waals surface area contributed by atoms with Crippen molar-refractivity contribution in [2.24, 2.45) is 0 Å². The number of allylic oxidation sites excluding steroid dienone is 1. The number of hydrogen-bond acceptors (Lipinski definition) is 1. The van der Waals surface area contributed by atoms with E-state index in [1.165, 1.54) is 28.0 Å². The fraction of sp³-hybridized carbons (Fsp3) is 0.333. The molecule has 0 fully saturated rings. The van der Waals surface area contributed by atoms with Crippen LogP contribution in [0.3, 0.4) is 0 Å². The zero-order chi connectivity index (χ0) is 17.2. The van der Waals surface area contributed by atoms with Crippen LogP contribution in [0.5, 0.6) is 0 Å². The summed E-state index contributed by atoms with van der Waals surface area (Å²) in [6.45, 7) is 13.1. The Morgan fingerprint density at radius 1 is 0.957 bits per heavy atom. The quantitative estimate of drug-likeness (QED) is 0.617. The summed E-state index contributed by atoms with van der Waals surface area (Å²) in [6.07, 6.45) is 0. The molecular formula is C21H26BrN. The molecule has 0 spiro atoms. The van der Waals surface area contributed by atoms with Crippen LogP contribution in [0.4, 0.5) is 5.69 Å². The van der Waals surface area contributed by atoms with E-state index in [0.29, 0.717) is 0 Å². The molecule has 0 aliphatic rings. The number of hydrogen-bond donors (Lipinski definition) is 1. The smallest absolute Gasteiger partial charge is 0.0444 e. The third-order valence-corrected chi connectivity index (χ3v) is 4.93. The van der Waals surface area contributed by atoms with Crippen LogP contribution in [0.15, 0.2) is 52.5 Å². The molecule has 0 saturated carbocycles. The molecule has 0 aliphatic carbocycles. The Labute approximate surface area is 149 Å². The van der Waals surface area contributed by atoms with Crippen molar-refractivity contribution in [1.29, 1.82) is 0 Å². The highest BCUT2D eigenvalue weighted by atomic mass is 79.9.